The van der Waals surface area contributed by atoms with Crippen molar-refractivity contribution in [3.8, 4) is 0 Å². The number of thiophene rings is 1. The molecule has 108 valence electrons. The molecule has 0 aliphatic carbocycles. The maximum Gasteiger partial charge on any atom is 0.244 e. The number of halogens is 2. The van der Waals surface area contributed by atoms with Crippen LogP contribution in [0.4, 0.5) is 0 Å². The third-order valence-corrected chi connectivity index (χ3v) is 7.35. The average molecular weight is 387 g/mol. The topological polar surface area (TPSA) is 37.4 Å². The summed E-state index contributed by atoms with van der Waals surface area (Å²) in [5, 5.41) is 0. The number of sulfonamides is 1. The van der Waals surface area contributed by atoms with Gasteiger partial charge in [-0.1, -0.05) is 0 Å². The molecule has 0 saturated carbocycles. The van der Waals surface area contributed by atoms with Gasteiger partial charge < -0.3 is 0 Å². The van der Waals surface area contributed by atoms with Crippen LogP contribution < -0.4 is 0 Å². The minimum absolute atomic E-state index is 0.392. The molecular formula is C12H17BrClNO2S2. The highest BCUT2D eigenvalue weighted by atomic mass is 79.9. The molecule has 2 rings (SSSR count). The van der Waals surface area contributed by atoms with E-state index in [9.17, 15) is 8.42 Å². The summed E-state index contributed by atoms with van der Waals surface area (Å²) in [7, 11) is -3.35. The van der Waals surface area contributed by atoms with Crippen LogP contribution in [-0.2, 0) is 10.0 Å². The lowest BCUT2D eigenvalue weighted by Crippen LogP contribution is -2.40. The van der Waals surface area contributed by atoms with Crippen LogP contribution in [0.15, 0.2) is 14.7 Å². The van der Waals surface area contributed by atoms with E-state index in [1.54, 1.807) is 10.4 Å². The largest absolute Gasteiger partial charge is 0.244 e. The van der Waals surface area contributed by atoms with Gasteiger partial charge in [-0.3, -0.25) is 0 Å². The van der Waals surface area contributed by atoms with Gasteiger partial charge in [0.2, 0.25) is 10.0 Å². The summed E-state index contributed by atoms with van der Waals surface area (Å²) in [5.41, 5.74) is 0. The van der Waals surface area contributed by atoms with Crippen molar-refractivity contribution in [3.05, 3.63) is 14.7 Å². The molecule has 7 heteroatoms. The highest BCUT2D eigenvalue weighted by Gasteiger charge is 2.31. The summed E-state index contributed by atoms with van der Waals surface area (Å²) in [6.45, 7) is 3.07. The molecule has 0 N–H and O–H groups in total. The second-order valence-corrected chi connectivity index (χ2v) is 9.74. The van der Waals surface area contributed by atoms with Crippen LogP contribution in [0.25, 0.3) is 0 Å². The monoisotopic (exact) mass is 385 g/mol. The van der Waals surface area contributed by atoms with Gasteiger partial charge in [0.05, 0.1) is 8.68 Å². The van der Waals surface area contributed by atoms with E-state index in [1.807, 2.05) is 6.92 Å². The minimum Gasteiger partial charge on any atom is -0.207 e. The third kappa shape index (κ3) is 3.53. The van der Waals surface area contributed by atoms with Crippen LogP contribution in [0.2, 0.25) is 0 Å². The van der Waals surface area contributed by atoms with Gasteiger partial charge in [-0.25, -0.2) is 8.42 Å². The predicted molar refractivity (Wildman–Crippen MR) is 83.6 cm³/mol. The van der Waals surface area contributed by atoms with Gasteiger partial charge >= 0.3 is 0 Å². The Labute approximate surface area is 132 Å². The maximum absolute atomic E-state index is 12.6. The maximum atomic E-state index is 12.6. The first kappa shape index (κ1) is 15.8. The lowest BCUT2D eigenvalue weighted by atomic mass is 9.97. The Hall–Kier alpha value is 0.380. The van der Waals surface area contributed by atoms with E-state index in [-0.39, 0.29) is 0 Å². The summed E-state index contributed by atoms with van der Waals surface area (Å²) < 4.78 is 27.8. The van der Waals surface area contributed by atoms with Crippen molar-refractivity contribution >= 4 is 48.9 Å². The molecule has 0 spiro atoms. The predicted octanol–water partition coefficient (Wildman–Crippen LogP) is 3.85. The standard InChI is InChI=1S/C12H17BrClNO2S2/c1-9-11(7-12(13)18-9)19(16,17)15-6-2-3-10(8-15)4-5-14/h7,10H,2-6,8H2,1H3. The van der Waals surface area contributed by atoms with Gasteiger partial charge in [-0.15, -0.1) is 22.9 Å². The van der Waals surface area contributed by atoms with E-state index in [4.69, 9.17) is 11.6 Å². The number of piperidine rings is 1. The molecule has 1 saturated heterocycles. The molecule has 0 radical (unpaired) electrons. The van der Waals surface area contributed by atoms with Crippen molar-refractivity contribution in [2.45, 2.75) is 31.1 Å². The first-order chi connectivity index (χ1) is 8.95. The number of alkyl halides is 1. The van der Waals surface area contributed by atoms with Gasteiger partial charge in [0.1, 0.15) is 0 Å². The zero-order valence-corrected chi connectivity index (χ0v) is 14.7. The van der Waals surface area contributed by atoms with Crippen molar-refractivity contribution in [2.24, 2.45) is 5.92 Å². The molecule has 1 atom stereocenters. The molecular weight excluding hydrogens is 370 g/mol. The first-order valence-electron chi connectivity index (χ1n) is 6.27. The first-order valence-corrected chi connectivity index (χ1v) is 9.85. The molecule has 1 aliphatic heterocycles. The molecule has 0 aromatic carbocycles. The molecule has 3 nitrogen and oxygen atoms in total. The van der Waals surface area contributed by atoms with Crippen molar-refractivity contribution in [1.82, 2.24) is 4.31 Å². The summed E-state index contributed by atoms with van der Waals surface area (Å²) in [6.07, 6.45) is 2.89. The number of nitrogens with zero attached hydrogens (tertiary/aromatic N) is 1. The second-order valence-electron chi connectivity index (χ2n) is 4.82. The van der Waals surface area contributed by atoms with Crippen LogP contribution in [0, 0.1) is 12.8 Å². The fourth-order valence-corrected chi connectivity index (χ4v) is 6.71. The summed E-state index contributed by atoms with van der Waals surface area (Å²) in [6, 6.07) is 1.71. The third-order valence-electron chi connectivity index (χ3n) is 3.46. The van der Waals surface area contributed by atoms with E-state index in [0.717, 1.165) is 27.9 Å². The fourth-order valence-electron chi connectivity index (χ4n) is 2.46. The Morgan fingerprint density at radius 2 is 2.32 bits per heavy atom. The average Bonchev–Trinajstić information content (AvgIpc) is 2.70. The zero-order valence-electron chi connectivity index (χ0n) is 10.7. The number of rotatable bonds is 4. The Morgan fingerprint density at radius 1 is 1.58 bits per heavy atom. The van der Waals surface area contributed by atoms with Crippen molar-refractivity contribution in [3.63, 3.8) is 0 Å². The molecule has 2 heterocycles. The van der Waals surface area contributed by atoms with Crippen LogP contribution in [0.5, 0.6) is 0 Å². The molecule has 1 unspecified atom stereocenters. The van der Waals surface area contributed by atoms with E-state index in [1.165, 1.54) is 11.3 Å². The normalized spacial score (nSPS) is 21.7. The fraction of sp³-hybridized carbons (Fsp3) is 0.667. The SMILES string of the molecule is Cc1sc(Br)cc1S(=O)(=O)N1CCCC(CCCl)C1. The molecule has 1 fully saturated rings. The Kier molecular flexibility index (Phi) is 5.34. The molecule has 0 amide bonds. The van der Waals surface area contributed by atoms with E-state index >= 15 is 0 Å². The molecule has 1 aromatic rings. The summed E-state index contributed by atoms with van der Waals surface area (Å²) in [5.74, 6) is 0.991. The van der Waals surface area contributed by atoms with Gasteiger partial charge in [0.15, 0.2) is 0 Å². The number of hydrogen-bond donors (Lipinski definition) is 0. The molecule has 1 aromatic heterocycles. The van der Waals surface area contributed by atoms with E-state index in [2.05, 4.69) is 15.9 Å². The quantitative estimate of drug-likeness (QED) is 0.737. The van der Waals surface area contributed by atoms with Crippen molar-refractivity contribution in [1.29, 1.82) is 0 Å². The van der Waals surface area contributed by atoms with Gasteiger partial charge in [-0.2, -0.15) is 4.31 Å². The summed E-state index contributed by atoms with van der Waals surface area (Å²) in [4.78, 5) is 1.28. The van der Waals surface area contributed by atoms with Crippen molar-refractivity contribution in [2.75, 3.05) is 19.0 Å². The summed E-state index contributed by atoms with van der Waals surface area (Å²) >= 11 is 10.6. The van der Waals surface area contributed by atoms with Crippen LogP contribution in [0.3, 0.4) is 0 Å². The Morgan fingerprint density at radius 3 is 2.89 bits per heavy atom. The Balaban J connectivity index is 2.22. The van der Waals surface area contributed by atoms with Crippen LogP contribution >= 0.6 is 38.9 Å². The lowest BCUT2D eigenvalue weighted by molar-refractivity contribution is 0.262. The molecule has 0 bridgehead atoms. The lowest BCUT2D eigenvalue weighted by Gasteiger charge is -2.31. The second kappa shape index (κ2) is 6.43. The molecule has 19 heavy (non-hydrogen) atoms. The van der Waals surface area contributed by atoms with Gasteiger partial charge in [0, 0.05) is 23.8 Å². The highest BCUT2D eigenvalue weighted by molar-refractivity contribution is 9.11. The van der Waals surface area contributed by atoms with Crippen molar-refractivity contribution < 1.29 is 8.42 Å². The van der Waals surface area contributed by atoms with Gasteiger partial charge in [0.25, 0.3) is 0 Å². The van der Waals surface area contributed by atoms with E-state index in [0.29, 0.717) is 29.8 Å². The zero-order chi connectivity index (χ0) is 14.0. The number of hydrogen-bond acceptors (Lipinski definition) is 3. The minimum atomic E-state index is -3.35. The Bertz CT molecular complexity index is 542. The van der Waals surface area contributed by atoms with Gasteiger partial charge in [-0.05, 0) is 54.1 Å². The van der Waals surface area contributed by atoms with E-state index < -0.39 is 10.0 Å². The highest BCUT2D eigenvalue weighted by Crippen LogP contribution is 2.33. The van der Waals surface area contributed by atoms with Crippen LogP contribution in [0.1, 0.15) is 24.1 Å². The molecule has 1 aliphatic rings. The smallest absolute Gasteiger partial charge is 0.207 e. The van der Waals surface area contributed by atoms with Crippen LogP contribution in [-0.4, -0.2) is 31.7 Å². The number of aryl methyl sites for hydroxylation is 1.